The zero-order valence-corrected chi connectivity index (χ0v) is 24.2. The fraction of sp³-hybridized carbons (Fsp3) is 0.355. The van der Waals surface area contributed by atoms with E-state index >= 15 is 0 Å². The summed E-state index contributed by atoms with van der Waals surface area (Å²) < 4.78 is 65.1. The Balaban J connectivity index is 2.17. The van der Waals surface area contributed by atoms with E-state index in [0.29, 0.717) is 5.56 Å². The number of ether oxygens (including phenoxy) is 4. The van der Waals surface area contributed by atoms with E-state index in [2.05, 4.69) is 0 Å². The van der Waals surface area contributed by atoms with Crippen LogP contribution in [0.5, 0.6) is 23.0 Å². The molecule has 0 unspecified atom stereocenters. The first-order chi connectivity index (χ1) is 20.2. The Labute approximate surface area is 246 Å². The average Bonchev–Trinajstić information content (AvgIpc) is 2.93. The summed E-state index contributed by atoms with van der Waals surface area (Å²) in [6, 6.07) is 11.7. The van der Waals surface area contributed by atoms with E-state index < -0.39 is 47.6 Å². The Morgan fingerprint density at radius 1 is 0.977 bits per heavy atom. The quantitative estimate of drug-likeness (QED) is 0.200. The number of alkyl halides is 3. The second-order valence-electron chi connectivity index (χ2n) is 10.2. The molecule has 232 valence electrons. The number of aromatic hydroxyl groups is 1. The molecule has 0 heterocycles. The molecular formula is C31H33F3O9. The number of halogens is 3. The molecule has 3 aromatic carbocycles. The summed E-state index contributed by atoms with van der Waals surface area (Å²) in [5.41, 5.74) is -3.78. The largest absolute Gasteiger partial charge is 0.504 e. The van der Waals surface area contributed by atoms with Gasteiger partial charge in [-0.15, -0.1) is 0 Å². The van der Waals surface area contributed by atoms with Gasteiger partial charge >= 0.3 is 18.1 Å². The second-order valence-corrected chi connectivity index (χ2v) is 10.2. The molecule has 0 aliphatic carbocycles. The van der Waals surface area contributed by atoms with Crippen LogP contribution in [0.15, 0.2) is 54.6 Å². The molecule has 3 aromatic rings. The van der Waals surface area contributed by atoms with E-state index in [0.717, 1.165) is 26.4 Å². The Kier molecular flexibility index (Phi) is 10.3. The summed E-state index contributed by atoms with van der Waals surface area (Å²) in [7, 11) is 1.89. The summed E-state index contributed by atoms with van der Waals surface area (Å²) in [6.07, 6.45) is -6.64. The molecule has 0 saturated heterocycles. The van der Waals surface area contributed by atoms with Gasteiger partial charge in [-0.1, -0.05) is 44.2 Å². The first-order valence-electron chi connectivity index (χ1n) is 13.2. The van der Waals surface area contributed by atoms with Crippen molar-refractivity contribution in [3.8, 4) is 23.0 Å². The number of phenolic OH excluding ortho intramolecular Hbond substituents is 1. The number of rotatable bonds is 12. The lowest BCUT2D eigenvalue weighted by Gasteiger charge is -2.34. The van der Waals surface area contributed by atoms with Gasteiger partial charge in [0.1, 0.15) is 23.2 Å². The number of benzene rings is 3. The molecule has 12 heteroatoms. The van der Waals surface area contributed by atoms with E-state index in [9.17, 15) is 38.1 Å². The van der Waals surface area contributed by atoms with Crippen LogP contribution in [-0.2, 0) is 26.5 Å². The molecule has 0 fully saturated rings. The van der Waals surface area contributed by atoms with Crippen molar-refractivity contribution >= 4 is 11.9 Å². The minimum Gasteiger partial charge on any atom is -0.504 e. The van der Waals surface area contributed by atoms with Gasteiger partial charge in [0.05, 0.1) is 13.7 Å². The lowest BCUT2D eigenvalue weighted by molar-refractivity contribution is -0.278. The number of carbonyl (C=O) groups is 2. The number of esters is 1. The topological polar surface area (TPSA) is 132 Å². The zero-order valence-electron chi connectivity index (χ0n) is 24.2. The van der Waals surface area contributed by atoms with Crippen molar-refractivity contribution < 1.29 is 57.0 Å². The number of aryl methyl sites for hydroxylation is 1. The van der Waals surface area contributed by atoms with Crippen LogP contribution in [0.25, 0.3) is 0 Å². The highest BCUT2D eigenvalue weighted by atomic mass is 19.4. The van der Waals surface area contributed by atoms with Gasteiger partial charge in [-0.25, -0.2) is 9.59 Å². The van der Waals surface area contributed by atoms with Crippen LogP contribution in [0.3, 0.4) is 0 Å². The van der Waals surface area contributed by atoms with Crippen molar-refractivity contribution in [2.24, 2.45) is 5.92 Å². The van der Waals surface area contributed by atoms with Crippen LogP contribution in [0, 0.1) is 12.8 Å². The van der Waals surface area contributed by atoms with Crippen LogP contribution >= 0.6 is 0 Å². The normalized spacial score (nSPS) is 13.7. The Morgan fingerprint density at radius 2 is 1.63 bits per heavy atom. The van der Waals surface area contributed by atoms with E-state index in [1.807, 2.05) is 0 Å². The maximum atomic E-state index is 14.5. The van der Waals surface area contributed by atoms with Crippen LogP contribution in [-0.4, -0.2) is 47.7 Å². The van der Waals surface area contributed by atoms with E-state index in [-0.39, 0.29) is 46.5 Å². The van der Waals surface area contributed by atoms with Gasteiger partial charge in [-0.05, 0) is 49.1 Å². The molecule has 0 spiro atoms. The molecule has 0 amide bonds. The number of carboxylic acid groups (broad SMARTS) is 1. The van der Waals surface area contributed by atoms with Crippen molar-refractivity contribution in [2.45, 2.75) is 51.7 Å². The fourth-order valence-corrected chi connectivity index (χ4v) is 4.78. The number of aliphatic hydroxyl groups excluding tert-OH is 1. The Hall–Kier alpha value is -4.29. The highest BCUT2D eigenvalue weighted by molar-refractivity contribution is 5.95. The summed E-state index contributed by atoms with van der Waals surface area (Å²) in [5.74, 6) is -4.73. The summed E-state index contributed by atoms with van der Waals surface area (Å²) in [6.45, 7) is 4.62. The molecule has 3 N–H and O–H groups in total. The van der Waals surface area contributed by atoms with Gasteiger partial charge < -0.3 is 34.3 Å². The number of carboxylic acids is 1. The zero-order chi connectivity index (χ0) is 32.1. The Bertz CT molecular complexity index is 1460. The minimum absolute atomic E-state index is 0.0127. The monoisotopic (exact) mass is 606 g/mol. The Morgan fingerprint density at radius 3 is 2.14 bits per heavy atom. The van der Waals surface area contributed by atoms with E-state index in [1.165, 1.54) is 42.5 Å². The van der Waals surface area contributed by atoms with Crippen LogP contribution in [0.2, 0.25) is 0 Å². The highest BCUT2D eigenvalue weighted by Crippen LogP contribution is 2.47. The average molecular weight is 607 g/mol. The van der Waals surface area contributed by atoms with Gasteiger partial charge in [0.2, 0.25) is 0 Å². The van der Waals surface area contributed by atoms with Crippen LogP contribution in [0.1, 0.15) is 59.0 Å². The van der Waals surface area contributed by atoms with E-state index in [1.54, 1.807) is 20.8 Å². The standard InChI is InChI=1S/C31H33F3O9/c1-17(2)13-24(43-29(39)30(41-5,31(32,33)34)20-9-7-6-8-10-20)21-11-12-23(25(28(37)38)27(21)40-4)42-26-19(16-35)14-18(3)15-22(26)36/h6-12,14-15,17,24,35-36H,13,16H2,1-5H3,(H,37,38)/t24-,30-/m0/s1. The third-order valence-electron chi connectivity index (χ3n) is 6.70. The molecule has 0 aromatic heterocycles. The van der Waals surface area contributed by atoms with Gasteiger partial charge in [-0.2, -0.15) is 13.2 Å². The lowest BCUT2D eigenvalue weighted by Crippen LogP contribution is -2.52. The summed E-state index contributed by atoms with van der Waals surface area (Å²) >= 11 is 0. The number of aliphatic hydroxyl groups is 1. The SMILES string of the molecule is COc1c([C@H](CC(C)C)OC(=O)[C@@](OC)(c2ccccc2)C(F)(F)F)ccc(Oc2c(O)cc(C)cc2CO)c1C(=O)O. The number of aromatic carboxylic acids is 1. The minimum atomic E-state index is -5.23. The van der Waals surface area contributed by atoms with Crippen LogP contribution in [0.4, 0.5) is 13.2 Å². The molecule has 9 nitrogen and oxygen atoms in total. The van der Waals surface area contributed by atoms with Crippen molar-refractivity contribution in [1.29, 1.82) is 0 Å². The molecule has 0 bridgehead atoms. The van der Waals surface area contributed by atoms with Crippen molar-refractivity contribution in [3.63, 3.8) is 0 Å². The first kappa shape index (κ1) is 33.2. The molecule has 0 aliphatic heterocycles. The predicted octanol–water partition coefficient (Wildman–Crippen LogP) is 6.43. The van der Waals surface area contributed by atoms with Gasteiger partial charge in [0.15, 0.2) is 11.5 Å². The predicted molar refractivity (Wildman–Crippen MR) is 148 cm³/mol. The molecule has 0 aliphatic rings. The van der Waals surface area contributed by atoms with Crippen molar-refractivity contribution in [1.82, 2.24) is 0 Å². The second kappa shape index (κ2) is 13.3. The highest BCUT2D eigenvalue weighted by Gasteiger charge is 2.64. The maximum Gasteiger partial charge on any atom is 0.432 e. The number of phenols is 1. The van der Waals surface area contributed by atoms with E-state index in [4.69, 9.17) is 18.9 Å². The summed E-state index contributed by atoms with van der Waals surface area (Å²) in [5, 5.41) is 30.3. The van der Waals surface area contributed by atoms with Crippen molar-refractivity contribution in [3.05, 3.63) is 82.4 Å². The van der Waals surface area contributed by atoms with Gasteiger partial charge in [-0.3, -0.25) is 0 Å². The fourth-order valence-electron chi connectivity index (χ4n) is 4.78. The summed E-state index contributed by atoms with van der Waals surface area (Å²) in [4.78, 5) is 25.9. The molecule has 0 saturated carbocycles. The maximum absolute atomic E-state index is 14.5. The smallest absolute Gasteiger partial charge is 0.432 e. The molecule has 2 atom stereocenters. The van der Waals surface area contributed by atoms with Gasteiger partial charge in [0, 0.05) is 23.8 Å². The number of hydrogen-bond acceptors (Lipinski definition) is 8. The molecular weight excluding hydrogens is 573 g/mol. The molecule has 3 rings (SSSR count). The number of hydrogen-bond donors (Lipinski definition) is 3. The number of methoxy groups -OCH3 is 2. The lowest BCUT2D eigenvalue weighted by atomic mass is 9.91. The van der Waals surface area contributed by atoms with Crippen LogP contribution < -0.4 is 9.47 Å². The number of carbonyl (C=O) groups excluding carboxylic acids is 1. The van der Waals surface area contributed by atoms with Crippen molar-refractivity contribution in [2.75, 3.05) is 14.2 Å². The van der Waals surface area contributed by atoms with Gasteiger partial charge in [0.25, 0.3) is 5.60 Å². The third-order valence-corrected chi connectivity index (χ3v) is 6.70. The third kappa shape index (κ3) is 6.70. The molecule has 43 heavy (non-hydrogen) atoms. The molecule has 0 radical (unpaired) electrons. The first-order valence-corrected chi connectivity index (χ1v) is 13.2.